The van der Waals surface area contributed by atoms with E-state index < -0.39 is 0 Å². The second kappa shape index (κ2) is 6.21. The number of carbonyl (C=O) groups is 1. The van der Waals surface area contributed by atoms with Crippen molar-refractivity contribution < 1.29 is 4.79 Å². The van der Waals surface area contributed by atoms with Crippen molar-refractivity contribution in [2.24, 2.45) is 5.92 Å². The predicted molar refractivity (Wildman–Crippen MR) is 81.0 cm³/mol. The molecule has 0 fully saturated rings. The van der Waals surface area contributed by atoms with Gasteiger partial charge in [-0.3, -0.25) is 4.79 Å². The number of halogens is 1. The number of amides is 1. The van der Waals surface area contributed by atoms with Crippen molar-refractivity contribution in [3.63, 3.8) is 0 Å². The summed E-state index contributed by atoms with van der Waals surface area (Å²) in [5.74, 6) is 0.430. The lowest BCUT2D eigenvalue weighted by Crippen LogP contribution is -2.32. The molecular formula is C13H16ClN3OS. The van der Waals surface area contributed by atoms with Crippen LogP contribution in [-0.4, -0.2) is 24.0 Å². The Hall–Kier alpha value is -1.33. The highest BCUT2D eigenvalue weighted by atomic mass is 35.5. The summed E-state index contributed by atoms with van der Waals surface area (Å²) in [5.41, 5.74) is 0.888. The van der Waals surface area contributed by atoms with Crippen LogP contribution in [0.5, 0.6) is 0 Å². The van der Waals surface area contributed by atoms with E-state index in [9.17, 15) is 4.79 Å². The molecule has 0 aliphatic rings. The van der Waals surface area contributed by atoms with Gasteiger partial charge in [0.2, 0.25) is 5.91 Å². The lowest BCUT2D eigenvalue weighted by Gasteiger charge is -2.07. The van der Waals surface area contributed by atoms with Crippen LogP contribution in [0.25, 0.3) is 10.2 Å². The normalized spacial score (nSPS) is 10.9. The molecule has 6 heteroatoms. The smallest absolute Gasteiger partial charge is 0.239 e. The summed E-state index contributed by atoms with van der Waals surface area (Å²) in [5, 5.41) is 7.30. The molecule has 0 aliphatic carbocycles. The number of anilines is 1. The molecule has 1 amide bonds. The Balaban J connectivity index is 1.92. The van der Waals surface area contributed by atoms with Crippen molar-refractivity contribution in [3.05, 3.63) is 23.2 Å². The Labute approximate surface area is 121 Å². The van der Waals surface area contributed by atoms with E-state index in [0.717, 1.165) is 15.3 Å². The Morgan fingerprint density at radius 2 is 2.26 bits per heavy atom. The molecule has 1 heterocycles. The van der Waals surface area contributed by atoms with Crippen molar-refractivity contribution in [1.82, 2.24) is 10.3 Å². The molecular weight excluding hydrogens is 282 g/mol. The van der Waals surface area contributed by atoms with Gasteiger partial charge in [0.05, 0.1) is 16.8 Å². The summed E-state index contributed by atoms with van der Waals surface area (Å²) < 4.78 is 1.01. The number of hydrogen-bond donors (Lipinski definition) is 2. The highest BCUT2D eigenvalue weighted by Gasteiger charge is 2.06. The summed E-state index contributed by atoms with van der Waals surface area (Å²) in [6.45, 7) is 5.05. The topological polar surface area (TPSA) is 54.0 Å². The molecule has 2 rings (SSSR count). The van der Waals surface area contributed by atoms with Crippen LogP contribution in [0.3, 0.4) is 0 Å². The van der Waals surface area contributed by atoms with Crippen molar-refractivity contribution in [2.45, 2.75) is 13.8 Å². The molecule has 0 unspecified atom stereocenters. The Morgan fingerprint density at radius 1 is 1.47 bits per heavy atom. The van der Waals surface area contributed by atoms with Gasteiger partial charge in [0.15, 0.2) is 5.13 Å². The molecule has 0 radical (unpaired) electrons. The van der Waals surface area contributed by atoms with Gasteiger partial charge in [0.25, 0.3) is 0 Å². The van der Waals surface area contributed by atoms with Crippen LogP contribution in [0.4, 0.5) is 5.13 Å². The molecule has 0 spiro atoms. The fraction of sp³-hybridized carbons (Fsp3) is 0.385. The molecule has 0 atom stereocenters. The molecule has 4 nitrogen and oxygen atoms in total. The zero-order valence-electron chi connectivity index (χ0n) is 10.9. The van der Waals surface area contributed by atoms with Gasteiger partial charge in [0, 0.05) is 11.6 Å². The lowest BCUT2D eigenvalue weighted by molar-refractivity contribution is -0.119. The maximum atomic E-state index is 11.6. The molecule has 0 bridgehead atoms. The molecule has 0 aliphatic heterocycles. The molecule has 19 heavy (non-hydrogen) atoms. The number of hydrogen-bond acceptors (Lipinski definition) is 4. The third-order valence-corrected chi connectivity index (χ3v) is 3.67. The minimum absolute atomic E-state index is 0.0222. The zero-order chi connectivity index (χ0) is 13.8. The van der Waals surface area contributed by atoms with Gasteiger partial charge in [0.1, 0.15) is 0 Å². The number of carbonyl (C=O) groups excluding carboxylic acids is 1. The van der Waals surface area contributed by atoms with Gasteiger partial charge in [-0.2, -0.15) is 0 Å². The van der Waals surface area contributed by atoms with E-state index >= 15 is 0 Å². The van der Waals surface area contributed by atoms with E-state index in [-0.39, 0.29) is 12.5 Å². The van der Waals surface area contributed by atoms with Gasteiger partial charge in [-0.1, -0.05) is 36.8 Å². The summed E-state index contributed by atoms with van der Waals surface area (Å²) in [4.78, 5) is 16.0. The molecule has 1 aromatic carbocycles. The molecule has 2 aromatic rings. The van der Waals surface area contributed by atoms with Crippen LogP contribution in [0.2, 0.25) is 5.02 Å². The summed E-state index contributed by atoms with van der Waals surface area (Å²) >= 11 is 7.41. The summed E-state index contributed by atoms with van der Waals surface area (Å²) in [6, 6.07) is 5.56. The van der Waals surface area contributed by atoms with Crippen LogP contribution in [0.15, 0.2) is 18.2 Å². The second-order valence-corrected chi connectivity index (χ2v) is 6.15. The van der Waals surface area contributed by atoms with Crippen molar-refractivity contribution in [2.75, 3.05) is 18.4 Å². The maximum Gasteiger partial charge on any atom is 0.239 e. The second-order valence-electron chi connectivity index (χ2n) is 4.68. The van der Waals surface area contributed by atoms with Gasteiger partial charge < -0.3 is 10.6 Å². The molecule has 0 saturated carbocycles. The molecule has 2 N–H and O–H groups in total. The predicted octanol–water partition coefficient (Wildman–Crippen LogP) is 3.13. The third-order valence-electron chi connectivity index (χ3n) is 2.46. The SMILES string of the molecule is CC(C)CNC(=O)CNc1nc2ccc(Cl)cc2s1. The van der Waals surface area contributed by atoms with Crippen LogP contribution < -0.4 is 10.6 Å². The van der Waals surface area contributed by atoms with Crippen LogP contribution >= 0.6 is 22.9 Å². The number of aromatic nitrogens is 1. The highest BCUT2D eigenvalue weighted by molar-refractivity contribution is 7.22. The van der Waals surface area contributed by atoms with Crippen molar-refractivity contribution >= 4 is 44.2 Å². The van der Waals surface area contributed by atoms with E-state index in [1.54, 1.807) is 0 Å². The number of nitrogens with zero attached hydrogens (tertiary/aromatic N) is 1. The van der Waals surface area contributed by atoms with E-state index in [0.29, 0.717) is 17.5 Å². The van der Waals surface area contributed by atoms with E-state index in [1.165, 1.54) is 11.3 Å². The van der Waals surface area contributed by atoms with Gasteiger partial charge in [-0.05, 0) is 24.1 Å². The number of thiazole rings is 1. The van der Waals surface area contributed by atoms with E-state index in [4.69, 9.17) is 11.6 Å². The first-order valence-electron chi connectivity index (χ1n) is 6.11. The van der Waals surface area contributed by atoms with E-state index in [1.807, 2.05) is 18.2 Å². The zero-order valence-corrected chi connectivity index (χ0v) is 12.4. The number of nitrogens with one attached hydrogen (secondary N) is 2. The minimum Gasteiger partial charge on any atom is -0.354 e. The average molecular weight is 298 g/mol. The first-order valence-corrected chi connectivity index (χ1v) is 7.30. The Morgan fingerprint density at radius 3 is 3.00 bits per heavy atom. The first-order chi connectivity index (χ1) is 9.04. The lowest BCUT2D eigenvalue weighted by atomic mass is 10.2. The van der Waals surface area contributed by atoms with Crippen molar-refractivity contribution in [3.8, 4) is 0 Å². The monoisotopic (exact) mass is 297 g/mol. The largest absolute Gasteiger partial charge is 0.354 e. The van der Waals surface area contributed by atoms with Gasteiger partial charge in [-0.25, -0.2) is 4.98 Å². The first kappa shape index (κ1) is 14.1. The number of benzene rings is 1. The van der Waals surface area contributed by atoms with Crippen LogP contribution in [0, 0.1) is 5.92 Å². The third kappa shape index (κ3) is 4.08. The molecule has 0 saturated heterocycles. The minimum atomic E-state index is -0.0222. The quantitative estimate of drug-likeness (QED) is 0.891. The fourth-order valence-corrected chi connectivity index (χ4v) is 2.65. The highest BCUT2D eigenvalue weighted by Crippen LogP contribution is 2.27. The fourth-order valence-electron chi connectivity index (χ4n) is 1.51. The Bertz CT molecular complexity index is 582. The summed E-state index contributed by atoms with van der Waals surface area (Å²) in [6.07, 6.45) is 0. The summed E-state index contributed by atoms with van der Waals surface area (Å²) in [7, 11) is 0. The Kier molecular flexibility index (Phi) is 4.61. The maximum absolute atomic E-state index is 11.6. The van der Waals surface area contributed by atoms with E-state index in [2.05, 4.69) is 29.5 Å². The van der Waals surface area contributed by atoms with Crippen molar-refractivity contribution in [1.29, 1.82) is 0 Å². The van der Waals surface area contributed by atoms with Gasteiger partial charge >= 0.3 is 0 Å². The average Bonchev–Trinajstić information content (AvgIpc) is 2.75. The van der Waals surface area contributed by atoms with Crippen LogP contribution in [-0.2, 0) is 4.79 Å². The molecule has 102 valence electrons. The number of rotatable bonds is 5. The standard InChI is InChI=1S/C13H16ClN3OS/c1-8(2)6-15-12(18)7-16-13-17-10-4-3-9(14)5-11(10)19-13/h3-5,8H,6-7H2,1-2H3,(H,15,18)(H,16,17). The molecule has 1 aromatic heterocycles. The van der Waals surface area contributed by atoms with Crippen LogP contribution in [0.1, 0.15) is 13.8 Å². The number of fused-ring (bicyclic) bond motifs is 1. The van der Waals surface area contributed by atoms with Gasteiger partial charge in [-0.15, -0.1) is 0 Å².